The Kier molecular flexibility index (Phi) is 1.96. The Morgan fingerprint density at radius 2 is 2.18 bits per heavy atom. The highest BCUT2D eigenvalue weighted by Crippen LogP contribution is 2.49. The standard InChI is InChI=1S/C9H14OS/c1-6(10)11-9-5-7-2-3-8(9)4-7/h7-9H,2-5H2,1H3/t7-,8+,9?/m0/s1. The van der Waals surface area contributed by atoms with Gasteiger partial charge in [0.15, 0.2) is 5.12 Å². The van der Waals surface area contributed by atoms with Crippen LogP contribution >= 0.6 is 11.8 Å². The zero-order valence-electron chi connectivity index (χ0n) is 6.88. The Balaban J connectivity index is 1.92. The summed E-state index contributed by atoms with van der Waals surface area (Å²) in [6, 6.07) is 0. The largest absolute Gasteiger partial charge is 0.288 e. The van der Waals surface area contributed by atoms with E-state index >= 15 is 0 Å². The molecule has 0 spiro atoms. The number of fused-ring (bicyclic) bond motifs is 2. The van der Waals surface area contributed by atoms with Gasteiger partial charge in [0.05, 0.1) is 0 Å². The van der Waals surface area contributed by atoms with E-state index in [0.717, 1.165) is 11.8 Å². The van der Waals surface area contributed by atoms with E-state index in [0.29, 0.717) is 10.4 Å². The molecule has 0 amide bonds. The predicted molar refractivity (Wildman–Crippen MR) is 47.5 cm³/mol. The van der Waals surface area contributed by atoms with E-state index in [-0.39, 0.29) is 0 Å². The van der Waals surface area contributed by atoms with Crippen LogP contribution in [0.15, 0.2) is 0 Å². The summed E-state index contributed by atoms with van der Waals surface area (Å²) in [5.41, 5.74) is 0. The van der Waals surface area contributed by atoms with Crippen LogP contribution in [0.2, 0.25) is 0 Å². The summed E-state index contributed by atoms with van der Waals surface area (Å²) >= 11 is 1.59. The molecule has 62 valence electrons. The molecule has 2 saturated carbocycles. The molecule has 0 aliphatic heterocycles. The first-order chi connectivity index (χ1) is 5.25. The number of carbonyl (C=O) groups excluding carboxylic acids is 1. The minimum Gasteiger partial charge on any atom is -0.288 e. The summed E-state index contributed by atoms with van der Waals surface area (Å²) in [6.45, 7) is 1.69. The minimum atomic E-state index is 0.308. The molecule has 2 aliphatic carbocycles. The summed E-state index contributed by atoms with van der Waals surface area (Å²) in [7, 11) is 0. The van der Waals surface area contributed by atoms with Gasteiger partial charge in [0.2, 0.25) is 0 Å². The van der Waals surface area contributed by atoms with Gasteiger partial charge in [-0.3, -0.25) is 4.79 Å². The Morgan fingerprint density at radius 1 is 1.36 bits per heavy atom. The molecule has 2 aliphatic rings. The third kappa shape index (κ3) is 1.46. The van der Waals surface area contributed by atoms with Gasteiger partial charge in [-0.2, -0.15) is 0 Å². The second-order valence-electron chi connectivity index (χ2n) is 3.82. The minimum absolute atomic E-state index is 0.308. The third-order valence-corrected chi connectivity index (χ3v) is 4.20. The van der Waals surface area contributed by atoms with Gasteiger partial charge >= 0.3 is 0 Å². The van der Waals surface area contributed by atoms with Gasteiger partial charge in [0.25, 0.3) is 0 Å². The average Bonchev–Trinajstić information content (AvgIpc) is 2.45. The van der Waals surface area contributed by atoms with Crippen LogP contribution < -0.4 is 0 Å². The van der Waals surface area contributed by atoms with Crippen molar-refractivity contribution in [3.63, 3.8) is 0 Å². The Bertz CT molecular complexity index is 178. The second kappa shape index (κ2) is 2.81. The zero-order chi connectivity index (χ0) is 7.84. The van der Waals surface area contributed by atoms with Gasteiger partial charge in [-0.25, -0.2) is 0 Å². The Hall–Kier alpha value is 0.0200. The van der Waals surface area contributed by atoms with Crippen molar-refractivity contribution in [1.29, 1.82) is 0 Å². The maximum Gasteiger partial charge on any atom is 0.186 e. The lowest BCUT2D eigenvalue weighted by Gasteiger charge is -2.18. The number of hydrogen-bond donors (Lipinski definition) is 0. The molecule has 1 unspecified atom stereocenters. The number of rotatable bonds is 1. The van der Waals surface area contributed by atoms with Crippen LogP contribution in [0, 0.1) is 11.8 Å². The van der Waals surface area contributed by atoms with Crippen LogP contribution in [-0.2, 0) is 4.79 Å². The first-order valence-electron chi connectivity index (χ1n) is 4.43. The molecule has 0 aromatic carbocycles. The molecule has 0 radical (unpaired) electrons. The molecule has 2 heteroatoms. The lowest BCUT2D eigenvalue weighted by atomic mass is 10.0. The molecule has 2 rings (SSSR count). The molecule has 2 fully saturated rings. The van der Waals surface area contributed by atoms with Crippen molar-refractivity contribution in [2.45, 2.75) is 37.9 Å². The van der Waals surface area contributed by atoms with E-state index in [1.807, 2.05) is 0 Å². The first kappa shape index (κ1) is 7.66. The van der Waals surface area contributed by atoms with Crippen LogP contribution in [0.1, 0.15) is 32.6 Å². The van der Waals surface area contributed by atoms with Gasteiger partial charge in [-0.05, 0) is 31.1 Å². The van der Waals surface area contributed by atoms with E-state index in [2.05, 4.69) is 0 Å². The van der Waals surface area contributed by atoms with Crippen LogP contribution in [0.5, 0.6) is 0 Å². The summed E-state index contributed by atoms with van der Waals surface area (Å²) in [5, 5.41) is 0.994. The topological polar surface area (TPSA) is 17.1 Å². The van der Waals surface area contributed by atoms with Crippen LogP contribution in [0.3, 0.4) is 0 Å². The van der Waals surface area contributed by atoms with Crippen molar-refractivity contribution < 1.29 is 4.79 Å². The zero-order valence-corrected chi connectivity index (χ0v) is 7.69. The third-order valence-electron chi connectivity index (χ3n) is 2.99. The predicted octanol–water partition coefficient (Wildman–Crippen LogP) is 2.45. The summed E-state index contributed by atoms with van der Waals surface area (Å²) in [6.07, 6.45) is 5.54. The lowest BCUT2D eigenvalue weighted by Crippen LogP contribution is -2.13. The van der Waals surface area contributed by atoms with Crippen molar-refractivity contribution in [3.8, 4) is 0 Å². The van der Waals surface area contributed by atoms with E-state index in [4.69, 9.17) is 0 Å². The summed E-state index contributed by atoms with van der Waals surface area (Å²) in [4.78, 5) is 10.8. The van der Waals surface area contributed by atoms with Crippen molar-refractivity contribution in [1.82, 2.24) is 0 Å². The highest BCUT2D eigenvalue weighted by atomic mass is 32.2. The number of thioether (sulfide) groups is 1. The molecule has 1 nitrogen and oxygen atoms in total. The first-order valence-corrected chi connectivity index (χ1v) is 5.31. The molecule has 0 saturated heterocycles. The smallest absolute Gasteiger partial charge is 0.186 e. The molecule has 0 aromatic rings. The molecule has 0 N–H and O–H groups in total. The van der Waals surface area contributed by atoms with Crippen LogP contribution in [0.25, 0.3) is 0 Å². The van der Waals surface area contributed by atoms with Crippen LogP contribution in [0.4, 0.5) is 0 Å². The molecular weight excluding hydrogens is 156 g/mol. The summed E-state index contributed by atoms with van der Waals surface area (Å²) in [5.74, 6) is 1.85. The Labute approximate surface area is 71.9 Å². The number of carbonyl (C=O) groups is 1. The van der Waals surface area contributed by atoms with Crippen molar-refractivity contribution in [2.75, 3.05) is 0 Å². The lowest BCUT2D eigenvalue weighted by molar-refractivity contribution is -0.109. The fourth-order valence-electron chi connectivity index (χ4n) is 2.54. The monoisotopic (exact) mass is 170 g/mol. The van der Waals surface area contributed by atoms with Gasteiger partial charge in [0, 0.05) is 12.2 Å². The fourth-order valence-corrected chi connectivity index (χ4v) is 3.78. The highest BCUT2D eigenvalue weighted by molar-refractivity contribution is 8.14. The van der Waals surface area contributed by atoms with Gasteiger partial charge in [-0.1, -0.05) is 18.2 Å². The number of hydrogen-bond acceptors (Lipinski definition) is 2. The average molecular weight is 170 g/mol. The summed E-state index contributed by atoms with van der Waals surface area (Å²) < 4.78 is 0. The molecular formula is C9H14OS. The quantitative estimate of drug-likeness (QED) is 0.601. The van der Waals surface area contributed by atoms with E-state index < -0.39 is 0 Å². The van der Waals surface area contributed by atoms with Gasteiger partial charge in [-0.15, -0.1) is 0 Å². The molecule has 11 heavy (non-hydrogen) atoms. The second-order valence-corrected chi connectivity index (χ2v) is 5.24. The highest BCUT2D eigenvalue weighted by Gasteiger charge is 2.40. The van der Waals surface area contributed by atoms with Crippen LogP contribution in [-0.4, -0.2) is 10.4 Å². The van der Waals surface area contributed by atoms with E-state index in [1.165, 1.54) is 25.7 Å². The molecule has 2 bridgehead atoms. The van der Waals surface area contributed by atoms with Crippen molar-refractivity contribution >= 4 is 16.9 Å². The molecule has 3 atom stereocenters. The maximum absolute atomic E-state index is 10.8. The van der Waals surface area contributed by atoms with Gasteiger partial charge < -0.3 is 0 Å². The van der Waals surface area contributed by atoms with E-state index in [9.17, 15) is 4.79 Å². The normalized spacial score (nSPS) is 41.4. The Morgan fingerprint density at radius 3 is 2.64 bits per heavy atom. The molecule has 0 aromatic heterocycles. The fraction of sp³-hybridized carbons (Fsp3) is 0.889. The van der Waals surface area contributed by atoms with Crippen molar-refractivity contribution in [3.05, 3.63) is 0 Å². The van der Waals surface area contributed by atoms with Crippen molar-refractivity contribution in [2.24, 2.45) is 11.8 Å². The van der Waals surface area contributed by atoms with E-state index in [1.54, 1.807) is 18.7 Å². The molecule has 0 heterocycles. The van der Waals surface area contributed by atoms with Gasteiger partial charge in [0.1, 0.15) is 0 Å². The SMILES string of the molecule is CC(=O)SC1C[C@H]2CC[C@@H]1C2. The maximum atomic E-state index is 10.8.